The molecule has 1 aromatic carbocycles. The van der Waals surface area contributed by atoms with Crippen LogP contribution in [0.5, 0.6) is 5.88 Å². The highest BCUT2D eigenvalue weighted by Crippen LogP contribution is 2.28. The SMILES string of the molecule is CCCC[C@@H](CC)C(=O)Nc1ccc2c(c1)c(OCC)nn2C. The van der Waals surface area contributed by atoms with Crippen LogP contribution in [0.3, 0.4) is 0 Å². The molecule has 2 aromatic rings. The largest absolute Gasteiger partial charge is 0.476 e. The lowest BCUT2D eigenvalue weighted by Crippen LogP contribution is -2.22. The summed E-state index contributed by atoms with van der Waals surface area (Å²) in [6.45, 7) is 6.72. The molecule has 1 aromatic heterocycles. The van der Waals surface area contributed by atoms with E-state index in [1.165, 1.54) is 0 Å². The minimum atomic E-state index is 0.0749. The molecule has 0 fully saturated rings. The van der Waals surface area contributed by atoms with Gasteiger partial charge in [0.15, 0.2) is 0 Å². The zero-order chi connectivity index (χ0) is 16.8. The lowest BCUT2D eigenvalue weighted by molar-refractivity contribution is -0.120. The molecule has 0 aliphatic heterocycles. The molecule has 0 spiro atoms. The lowest BCUT2D eigenvalue weighted by Gasteiger charge is -2.14. The smallest absolute Gasteiger partial charge is 0.240 e. The topological polar surface area (TPSA) is 56.1 Å². The third-order valence-corrected chi connectivity index (χ3v) is 4.13. The number of nitrogens with zero attached hydrogens (tertiary/aromatic N) is 2. The summed E-state index contributed by atoms with van der Waals surface area (Å²) in [6.07, 6.45) is 4.01. The Bertz CT molecular complexity index is 664. The number of rotatable bonds is 8. The zero-order valence-electron chi connectivity index (χ0n) is 14.6. The number of unbranched alkanes of at least 4 members (excludes halogenated alkanes) is 1. The summed E-state index contributed by atoms with van der Waals surface area (Å²) < 4.78 is 7.37. The van der Waals surface area contributed by atoms with E-state index in [-0.39, 0.29) is 11.8 Å². The molecule has 1 heterocycles. The molecule has 1 N–H and O–H groups in total. The van der Waals surface area contributed by atoms with Gasteiger partial charge in [0.2, 0.25) is 11.8 Å². The summed E-state index contributed by atoms with van der Waals surface area (Å²) in [5.41, 5.74) is 1.79. The Morgan fingerprint density at radius 3 is 2.78 bits per heavy atom. The van der Waals surface area contributed by atoms with Crippen LogP contribution in [0.1, 0.15) is 46.5 Å². The minimum Gasteiger partial charge on any atom is -0.476 e. The fourth-order valence-electron chi connectivity index (χ4n) is 2.77. The second-order valence-electron chi connectivity index (χ2n) is 5.83. The number of hydrogen-bond donors (Lipinski definition) is 1. The number of amides is 1. The van der Waals surface area contributed by atoms with Crippen molar-refractivity contribution in [1.82, 2.24) is 9.78 Å². The fourth-order valence-corrected chi connectivity index (χ4v) is 2.77. The van der Waals surface area contributed by atoms with E-state index >= 15 is 0 Å². The molecule has 0 saturated heterocycles. The van der Waals surface area contributed by atoms with Gasteiger partial charge in [-0.3, -0.25) is 9.48 Å². The second kappa shape index (κ2) is 7.99. The van der Waals surface area contributed by atoms with Crippen LogP contribution in [-0.2, 0) is 11.8 Å². The molecule has 1 atom stereocenters. The lowest BCUT2D eigenvalue weighted by atomic mass is 9.98. The number of anilines is 1. The van der Waals surface area contributed by atoms with Gasteiger partial charge >= 0.3 is 0 Å². The Balaban J connectivity index is 2.19. The van der Waals surface area contributed by atoms with Gasteiger partial charge in [-0.25, -0.2) is 0 Å². The van der Waals surface area contributed by atoms with Gasteiger partial charge in [0.1, 0.15) is 0 Å². The highest BCUT2D eigenvalue weighted by molar-refractivity contribution is 5.96. The van der Waals surface area contributed by atoms with E-state index in [0.29, 0.717) is 12.5 Å². The summed E-state index contributed by atoms with van der Waals surface area (Å²) in [7, 11) is 1.89. The van der Waals surface area contributed by atoms with E-state index in [2.05, 4.69) is 24.3 Å². The highest BCUT2D eigenvalue weighted by atomic mass is 16.5. The minimum absolute atomic E-state index is 0.0749. The highest BCUT2D eigenvalue weighted by Gasteiger charge is 2.17. The molecular formula is C18H27N3O2. The van der Waals surface area contributed by atoms with E-state index in [1.807, 2.05) is 32.2 Å². The molecule has 0 aliphatic rings. The molecule has 0 bridgehead atoms. The van der Waals surface area contributed by atoms with E-state index < -0.39 is 0 Å². The van der Waals surface area contributed by atoms with Crippen LogP contribution in [0.4, 0.5) is 5.69 Å². The number of fused-ring (bicyclic) bond motifs is 1. The summed E-state index contributed by atoms with van der Waals surface area (Å²) >= 11 is 0. The van der Waals surface area contributed by atoms with E-state index in [0.717, 1.165) is 42.3 Å². The number of hydrogen-bond acceptors (Lipinski definition) is 3. The van der Waals surface area contributed by atoms with E-state index in [1.54, 1.807) is 4.68 Å². The molecule has 5 heteroatoms. The number of nitrogens with one attached hydrogen (secondary N) is 1. The van der Waals surface area contributed by atoms with Crippen molar-refractivity contribution in [3.05, 3.63) is 18.2 Å². The third kappa shape index (κ3) is 4.03. The van der Waals surface area contributed by atoms with Crippen molar-refractivity contribution >= 4 is 22.5 Å². The number of ether oxygens (including phenoxy) is 1. The fraction of sp³-hybridized carbons (Fsp3) is 0.556. The average molecular weight is 317 g/mol. The predicted octanol–water partition coefficient (Wildman–Crippen LogP) is 4.13. The van der Waals surface area contributed by atoms with Gasteiger partial charge in [0.05, 0.1) is 17.5 Å². The molecule has 0 saturated carbocycles. The van der Waals surface area contributed by atoms with Crippen molar-refractivity contribution in [2.24, 2.45) is 13.0 Å². The summed E-state index contributed by atoms with van der Waals surface area (Å²) in [5.74, 6) is 0.784. The number of aromatic nitrogens is 2. The van der Waals surface area contributed by atoms with Crippen molar-refractivity contribution in [1.29, 1.82) is 0 Å². The number of benzene rings is 1. The Hall–Kier alpha value is -2.04. The van der Waals surface area contributed by atoms with Crippen molar-refractivity contribution in [3.63, 3.8) is 0 Å². The Kier molecular flexibility index (Phi) is 6.02. The molecule has 23 heavy (non-hydrogen) atoms. The maximum absolute atomic E-state index is 12.4. The maximum Gasteiger partial charge on any atom is 0.240 e. The Morgan fingerprint density at radius 1 is 1.35 bits per heavy atom. The van der Waals surface area contributed by atoms with Crippen molar-refractivity contribution < 1.29 is 9.53 Å². The van der Waals surface area contributed by atoms with Crippen LogP contribution in [-0.4, -0.2) is 22.3 Å². The zero-order valence-corrected chi connectivity index (χ0v) is 14.6. The van der Waals surface area contributed by atoms with Crippen molar-refractivity contribution in [2.75, 3.05) is 11.9 Å². The van der Waals surface area contributed by atoms with Gasteiger partial charge in [-0.2, -0.15) is 0 Å². The quantitative estimate of drug-likeness (QED) is 0.796. The van der Waals surface area contributed by atoms with Crippen molar-refractivity contribution in [3.8, 4) is 5.88 Å². The molecular weight excluding hydrogens is 290 g/mol. The third-order valence-electron chi connectivity index (χ3n) is 4.13. The summed E-state index contributed by atoms with van der Waals surface area (Å²) in [4.78, 5) is 12.4. The van der Waals surface area contributed by atoms with Gasteiger partial charge in [-0.05, 0) is 38.0 Å². The normalized spacial score (nSPS) is 12.3. The van der Waals surface area contributed by atoms with Gasteiger partial charge in [-0.1, -0.05) is 26.7 Å². The standard InChI is InChI=1S/C18H27N3O2/c1-5-8-9-13(6-2)17(22)19-14-10-11-16-15(12-14)18(23-7-3)20-21(16)4/h10-13H,5-9H2,1-4H3,(H,19,22)/t13-/m1/s1. The molecule has 0 aliphatic carbocycles. The molecule has 2 rings (SSSR count). The van der Waals surface area contributed by atoms with Crippen LogP contribution in [0.25, 0.3) is 10.9 Å². The molecule has 5 nitrogen and oxygen atoms in total. The predicted molar refractivity (Wildman–Crippen MR) is 93.8 cm³/mol. The van der Waals surface area contributed by atoms with Crippen LogP contribution < -0.4 is 10.1 Å². The molecule has 1 amide bonds. The van der Waals surface area contributed by atoms with E-state index in [4.69, 9.17) is 4.74 Å². The van der Waals surface area contributed by atoms with Crippen LogP contribution in [0.2, 0.25) is 0 Å². The Labute approximate surface area is 138 Å². The van der Waals surface area contributed by atoms with E-state index in [9.17, 15) is 4.79 Å². The van der Waals surface area contributed by atoms with Crippen molar-refractivity contribution in [2.45, 2.75) is 46.5 Å². The van der Waals surface area contributed by atoms with Crippen LogP contribution >= 0.6 is 0 Å². The number of carbonyl (C=O) groups is 1. The maximum atomic E-state index is 12.4. The molecule has 0 radical (unpaired) electrons. The summed E-state index contributed by atoms with van der Waals surface area (Å²) in [6, 6.07) is 5.83. The monoisotopic (exact) mass is 317 g/mol. The molecule has 0 unspecified atom stereocenters. The molecule has 126 valence electrons. The average Bonchev–Trinajstić information content (AvgIpc) is 2.84. The number of carbonyl (C=O) groups excluding carboxylic acids is 1. The van der Waals surface area contributed by atoms with Crippen LogP contribution in [0.15, 0.2) is 18.2 Å². The van der Waals surface area contributed by atoms with Gasteiger partial charge in [0.25, 0.3) is 0 Å². The first kappa shape index (κ1) is 17.3. The number of aryl methyl sites for hydroxylation is 1. The van der Waals surface area contributed by atoms with Gasteiger partial charge < -0.3 is 10.1 Å². The summed E-state index contributed by atoms with van der Waals surface area (Å²) in [5, 5.41) is 8.34. The van der Waals surface area contributed by atoms with Gasteiger partial charge in [0, 0.05) is 18.7 Å². The first-order valence-electron chi connectivity index (χ1n) is 8.51. The Morgan fingerprint density at radius 2 is 2.13 bits per heavy atom. The van der Waals surface area contributed by atoms with Crippen LogP contribution in [0, 0.1) is 5.92 Å². The first-order chi connectivity index (χ1) is 11.1. The van der Waals surface area contributed by atoms with Gasteiger partial charge in [-0.15, -0.1) is 5.10 Å². The second-order valence-corrected chi connectivity index (χ2v) is 5.83. The first-order valence-corrected chi connectivity index (χ1v) is 8.51.